The maximum absolute atomic E-state index is 12.8. The van der Waals surface area contributed by atoms with E-state index in [0.29, 0.717) is 56.7 Å². The summed E-state index contributed by atoms with van der Waals surface area (Å²) in [5, 5.41) is 2.79. The minimum Gasteiger partial charge on any atom is -0.492 e. The van der Waals surface area contributed by atoms with E-state index in [4.69, 9.17) is 9.47 Å². The Balaban J connectivity index is 2.24. The second-order valence-electron chi connectivity index (χ2n) is 6.59. The first-order valence-corrected chi connectivity index (χ1v) is 10.4. The number of nitrogens with zero attached hydrogens (tertiary/aromatic N) is 1. The molecule has 0 aromatic heterocycles. The monoisotopic (exact) mass is 384 g/mol. The topological polar surface area (TPSA) is 84.9 Å². The van der Waals surface area contributed by atoms with Crippen LogP contribution in [0.5, 0.6) is 5.75 Å². The van der Waals surface area contributed by atoms with Gasteiger partial charge in [0.05, 0.1) is 30.4 Å². The zero-order chi connectivity index (χ0) is 19.2. The van der Waals surface area contributed by atoms with Gasteiger partial charge in [0, 0.05) is 19.5 Å². The van der Waals surface area contributed by atoms with Gasteiger partial charge in [-0.1, -0.05) is 13.8 Å². The molecule has 1 N–H and O–H groups in total. The average Bonchev–Trinajstić information content (AvgIpc) is 2.62. The quantitative estimate of drug-likeness (QED) is 0.744. The van der Waals surface area contributed by atoms with Gasteiger partial charge in [0.15, 0.2) is 0 Å². The lowest BCUT2D eigenvalue weighted by Crippen LogP contribution is -2.40. The van der Waals surface area contributed by atoms with E-state index in [1.807, 2.05) is 6.92 Å². The van der Waals surface area contributed by atoms with Gasteiger partial charge in [0.2, 0.25) is 15.9 Å². The molecule has 1 heterocycles. The van der Waals surface area contributed by atoms with Crippen LogP contribution < -0.4 is 10.1 Å². The molecular formula is C18H28N2O5S. The molecule has 1 aliphatic heterocycles. The number of carbonyl (C=O) groups is 1. The van der Waals surface area contributed by atoms with Crippen molar-refractivity contribution in [3.63, 3.8) is 0 Å². The van der Waals surface area contributed by atoms with E-state index in [2.05, 4.69) is 19.2 Å². The molecule has 0 aliphatic carbocycles. The maximum Gasteiger partial charge on any atom is 0.243 e. The molecule has 2 rings (SSSR count). The molecule has 7 nitrogen and oxygen atoms in total. The lowest BCUT2D eigenvalue weighted by molar-refractivity contribution is -0.116. The third-order valence-electron chi connectivity index (χ3n) is 4.08. The molecule has 0 spiro atoms. The zero-order valence-corrected chi connectivity index (χ0v) is 16.5. The van der Waals surface area contributed by atoms with E-state index in [9.17, 15) is 13.2 Å². The van der Waals surface area contributed by atoms with E-state index in [-0.39, 0.29) is 10.8 Å². The Morgan fingerprint density at radius 2 is 2.00 bits per heavy atom. The second kappa shape index (κ2) is 9.34. The summed E-state index contributed by atoms with van der Waals surface area (Å²) >= 11 is 0. The lowest BCUT2D eigenvalue weighted by Gasteiger charge is -2.26. The number of rotatable bonds is 8. The van der Waals surface area contributed by atoms with Crippen molar-refractivity contribution in [2.24, 2.45) is 5.92 Å². The normalized spacial score (nSPS) is 15.8. The van der Waals surface area contributed by atoms with Crippen LogP contribution in [0.1, 0.15) is 33.6 Å². The highest BCUT2D eigenvalue weighted by Gasteiger charge is 2.27. The lowest BCUT2D eigenvalue weighted by atomic mass is 10.1. The summed E-state index contributed by atoms with van der Waals surface area (Å²) in [6.45, 7) is 7.78. The van der Waals surface area contributed by atoms with Crippen LogP contribution >= 0.6 is 0 Å². The number of nitrogens with one attached hydrogen (secondary N) is 1. The first-order valence-electron chi connectivity index (χ1n) is 8.99. The fourth-order valence-corrected chi connectivity index (χ4v) is 4.05. The van der Waals surface area contributed by atoms with Crippen LogP contribution in [0, 0.1) is 5.92 Å². The van der Waals surface area contributed by atoms with Gasteiger partial charge in [-0.25, -0.2) is 8.42 Å². The molecule has 0 atom stereocenters. The van der Waals surface area contributed by atoms with Crippen molar-refractivity contribution < 1.29 is 22.7 Å². The van der Waals surface area contributed by atoms with Gasteiger partial charge in [-0.3, -0.25) is 4.79 Å². The van der Waals surface area contributed by atoms with Crippen LogP contribution in [0.2, 0.25) is 0 Å². The van der Waals surface area contributed by atoms with E-state index < -0.39 is 10.0 Å². The minimum absolute atomic E-state index is 0.141. The van der Waals surface area contributed by atoms with Crippen LogP contribution in [-0.4, -0.2) is 51.5 Å². The fraction of sp³-hybridized carbons (Fsp3) is 0.611. The highest BCUT2D eigenvalue weighted by molar-refractivity contribution is 7.89. The molecule has 0 radical (unpaired) electrons. The summed E-state index contributed by atoms with van der Waals surface area (Å²) in [6, 6.07) is 4.58. The number of carbonyl (C=O) groups excluding carboxylic acids is 1. The predicted molar refractivity (Wildman–Crippen MR) is 99.9 cm³/mol. The Labute approximate surface area is 155 Å². The minimum atomic E-state index is -3.63. The second-order valence-corrected chi connectivity index (χ2v) is 8.53. The van der Waals surface area contributed by atoms with Crippen LogP contribution in [0.15, 0.2) is 23.1 Å². The number of anilines is 1. The van der Waals surface area contributed by atoms with Gasteiger partial charge in [-0.2, -0.15) is 4.31 Å². The van der Waals surface area contributed by atoms with Crippen molar-refractivity contribution >= 4 is 21.6 Å². The Morgan fingerprint density at radius 1 is 1.31 bits per heavy atom. The van der Waals surface area contributed by atoms with Crippen molar-refractivity contribution in [3.8, 4) is 5.75 Å². The third-order valence-corrected chi connectivity index (χ3v) is 5.98. The standard InChI is InChI=1S/C18H28N2O5S/c1-4-25-17-7-6-15(26(22,23)20-9-11-24-12-10-20)13-16(17)19-18(21)8-5-14(2)3/h6-7,13-14H,4-5,8-12H2,1-3H3,(H,19,21). The van der Waals surface area contributed by atoms with Crippen molar-refractivity contribution in [2.75, 3.05) is 38.2 Å². The molecule has 0 saturated carbocycles. The summed E-state index contributed by atoms with van der Waals surface area (Å²) in [5.41, 5.74) is 0.384. The number of hydrogen-bond acceptors (Lipinski definition) is 5. The van der Waals surface area contributed by atoms with Gasteiger partial charge < -0.3 is 14.8 Å². The Hall–Kier alpha value is -1.64. The van der Waals surface area contributed by atoms with Crippen molar-refractivity contribution in [1.82, 2.24) is 4.31 Å². The summed E-state index contributed by atoms with van der Waals surface area (Å²) < 4.78 is 37.8. The summed E-state index contributed by atoms with van der Waals surface area (Å²) in [5.74, 6) is 0.729. The molecule has 0 bridgehead atoms. The molecule has 1 amide bonds. The summed E-state index contributed by atoms with van der Waals surface area (Å²) in [6.07, 6.45) is 1.14. The van der Waals surface area contributed by atoms with E-state index in [0.717, 1.165) is 6.42 Å². The smallest absolute Gasteiger partial charge is 0.243 e. The van der Waals surface area contributed by atoms with Gasteiger partial charge in [-0.15, -0.1) is 0 Å². The molecule has 1 fully saturated rings. The predicted octanol–water partition coefficient (Wildman–Crippen LogP) is 2.48. The van der Waals surface area contributed by atoms with E-state index >= 15 is 0 Å². The van der Waals surface area contributed by atoms with Crippen LogP contribution in [0.25, 0.3) is 0 Å². The molecule has 1 aliphatic rings. The zero-order valence-electron chi connectivity index (χ0n) is 15.7. The van der Waals surface area contributed by atoms with Crippen molar-refractivity contribution in [3.05, 3.63) is 18.2 Å². The molecule has 1 saturated heterocycles. The van der Waals surface area contributed by atoms with Gasteiger partial charge >= 0.3 is 0 Å². The van der Waals surface area contributed by atoms with Crippen LogP contribution in [-0.2, 0) is 19.6 Å². The molecule has 1 aromatic rings. The Morgan fingerprint density at radius 3 is 2.62 bits per heavy atom. The SMILES string of the molecule is CCOc1ccc(S(=O)(=O)N2CCOCC2)cc1NC(=O)CCC(C)C. The first kappa shape index (κ1) is 20.7. The highest BCUT2D eigenvalue weighted by atomic mass is 32.2. The molecule has 26 heavy (non-hydrogen) atoms. The number of morpholine rings is 1. The number of sulfonamides is 1. The van der Waals surface area contributed by atoms with Crippen LogP contribution in [0.4, 0.5) is 5.69 Å². The van der Waals surface area contributed by atoms with E-state index in [1.54, 1.807) is 6.07 Å². The summed E-state index contributed by atoms with van der Waals surface area (Å²) in [4.78, 5) is 12.3. The largest absolute Gasteiger partial charge is 0.492 e. The van der Waals surface area contributed by atoms with Gasteiger partial charge in [-0.05, 0) is 37.5 Å². The van der Waals surface area contributed by atoms with Crippen LogP contribution in [0.3, 0.4) is 0 Å². The molecule has 1 aromatic carbocycles. The first-order chi connectivity index (χ1) is 12.3. The molecular weight excluding hydrogens is 356 g/mol. The van der Waals surface area contributed by atoms with E-state index in [1.165, 1.54) is 16.4 Å². The summed E-state index contributed by atoms with van der Waals surface area (Å²) in [7, 11) is -3.63. The molecule has 8 heteroatoms. The van der Waals surface area contributed by atoms with Gasteiger partial charge in [0.1, 0.15) is 5.75 Å². The molecule has 0 unspecified atom stereocenters. The third kappa shape index (κ3) is 5.43. The van der Waals surface area contributed by atoms with Crippen molar-refractivity contribution in [1.29, 1.82) is 0 Å². The number of hydrogen-bond donors (Lipinski definition) is 1. The number of benzene rings is 1. The highest BCUT2D eigenvalue weighted by Crippen LogP contribution is 2.30. The van der Waals surface area contributed by atoms with Gasteiger partial charge in [0.25, 0.3) is 0 Å². The maximum atomic E-state index is 12.8. The fourth-order valence-electron chi connectivity index (χ4n) is 2.62. The Kier molecular flexibility index (Phi) is 7.43. The van der Waals surface area contributed by atoms with Crippen molar-refractivity contribution in [2.45, 2.75) is 38.5 Å². The number of ether oxygens (including phenoxy) is 2. The number of amides is 1. The Bertz CT molecular complexity index is 712. The molecule has 146 valence electrons. The average molecular weight is 384 g/mol.